The SMILES string of the molecule is CCc1c(Br)cc(C#N)n1CCCOC. The van der Waals surface area contributed by atoms with Gasteiger partial charge in [0.25, 0.3) is 0 Å². The lowest BCUT2D eigenvalue weighted by Crippen LogP contribution is -2.07. The fourth-order valence-corrected chi connectivity index (χ4v) is 2.34. The molecule has 3 nitrogen and oxygen atoms in total. The van der Waals surface area contributed by atoms with Gasteiger partial charge in [-0.2, -0.15) is 5.26 Å². The van der Waals surface area contributed by atoms with Gasteiger partial charge in [-0.05, 0) is 34.8 Å². The molecule has 0 N–H and O–H groups in total. The molecule has 0 fully saturated rings. The molecule has 0 aliphatic carbocycles. The van der Waals surface area contributed by atoms with Crippen molar-refractivity contribution in [3.63, 3.8) is 0 Å². The van der Waals surface area contributed by atoms with Gasteiger partial charge in [0.15, 0.2) is 0 Å². The highest BCUT2D eigenvalue weighted by Gasteiger charge is 2.10. The van der Waals surface area contributed by atoms with E-state index in [0.717, 1.165) is 36.2 Å². The van der Waals surface area contributed by atoms with E-state index in [1.807, 2.05) is 6.07 Å². The molecule has 0 spiro atoms. The van der Waals surface area contributed by atoms with E-state index in [1.54, 1.807) is 7.11 Å². The van der Waals surface area contributed by atoms with Crippen molar-refractivity contribution in [3.8, 4) is 6.07 Å². The number of hydrogen-bond donors (Lipinski definition) is 0. The Labute approximate surface area is 98.8 Å². The van der Waals surface area contributed by atoms with Gasteiger partial charge in [0.05, 0.1) is 0 Å². The lowest BCUT2D eigenvalue weighted by atomic mass is 10.3. The van der Waals surface area contributed by atoms with Gasteiger partial charge in [-0.25, -0.2) is 0 Å². The minimum Gasteiger partial charge on any atom is -0.385 e. The van der Waals surface area contributed by atoms with Crippen molar-refractivity contribution in [1.82, 2.24) is 4.57 Å². The Morgan fingerprint density at radius 1 is 1.60 bits per heavy atom. The maximum absolute atomic E-state index is 8.99. The number of nitriles is 1. The monoisotopic (exact) mass is 270 g/mol. The maximum Gasteiger partial charge on any atom is 0.121 e. The molecule has 0 aliphatic heterocycles. The van der Waals surface area contributed by atoms with Gasteiger partial charge in [-0.3, -0.25) is 0 Å². The van der Waals surface area contributed by atoms with Gasteiger partial charge < -0.3 is 9.30 Å². The smallest absolute Gasteiger partial charge is 0.121 e. The Kier molecular flexibility index (Phi) is 4.86. The Bertz CT molecular complexity index is 365. The van der Waals surface area contributed by atoms with Gasteiger partial charge >= 0.3 is 0 Å². The largest absolute Gasteiger partial charge is 0.385 e. The first kappa shape index (κ1) is 12.3. The van der Waals surface area contributed by atoms with E-state index >= 15 is 0 Å². The average Bonchev–Trinajstić information content (AvgIpc) is 2.55. The van der Waals surface area contributed by atoms with E-state index in [1.165, 1.54) is 5.69 Å². The number of methoxy groups -OCH3 is 1. The van der Waals surface area contributed by atoms with Crippen LogP contribution in [0.5, 0.6) is 0 Å². The fraction of sp³-hybridized carbons (Fsp3) is 0.545. The highest BCUT2D eigenvalue weighted by Crippen LogP contribution is 2.22. The molecular weight excluding hydrogens is 256 g/mol. The van der Waals surface area contributed by atoms with E-state index in [0.29, 0.717) is 0 Å². The summed E-state index contributed by atoms with van der Waals surface area (Å²) in [5, 5.41) is 8.99. The fourth-order valence-electron chi connectivity index (χ4n) is 1.63. The molecule has 0 bridgehead atoms. The molecule has 15 heavy (non-hydrogen) atoms. The minimum atomic E-state index is 0.717. The van der Waals surface area contributed by atoms with Crippen LogP contribution in [0.25, 0.3) is 0 Å². The molecule has 0 saturated carbocycles. The summed E-state index contributed by atoms with van der Waals surface area (Å²) in [6.07, 6.45) is 1.86. The van der Waals surface area contributed by atoms with Gasteiger partial charge in [0, 0.05) is 30.4 Å². The second kappa shape index (κ2) is 5.94. The number of ether oxygens (including phenoxy) is 1. The van der Waals surface area contributed by atoms with E-state index in [4.69, 9.17) is 10.00 Å². The van der Waals surface area contributed by atoms with Crippen LogP contribution in [0.2, 0.25) is 0 Å². The topological polar surface area (TPSA) is 38.0 Å². The van der Waals surface area contributed by atoms with Crippen LogP contribution in [0.4, 0.5) is 0 Å². The molecule has 0 atom stereocenters. The lowest BCUT2D eigenvalue weighted by molar-refractivity contribution is 0.190. The molecule has 1 heterocycles. The van der Waals surface area contributed by atoms with Crippen molar-refractivity contribution in [1.29, 1.82) is 5.26 Å². The first-order valence-corrected chi connectivity index (χ1v) is 5.80. The molecule has 1 aromatic rings. The van der Waals surface area contributed by atoms with Gasteiger partial charge in [0.1, 0.15) is 11.8 Å². The zero-order valence-electron chi connectivity index (χ0n) is 9.09. The van der Waals surface area contributed by atoms with E-state index in [9.17, 15) is 0 Å². The number of aromatic nitrogens is 1. The zero-order valence-corrected chi connectivity index (χ0v) is 10.7. The molecular formula is C11H15BrN2O. The predicted octanol–water partition coefficient (Wildman–Crippen LogP) is 2.72. The first-order valence-electron chi connectivity index (χ1n) is 5.01. The second-order valence-corrected chi connectivity index (χ2v) is 4.14. The Balaban J connectivity index is 2.87. The Morgan fingerprint density at radius 2 is 2.33 bits per heavy atom. The van der Waals surface area contributed by atoms with E-state index < -0.39 is 0 Å². The molecule has 1 rings (SSSR count). The van der Waals surface area contributed by atoms with Crippen molar-refractivity contribution in [2.45, 2.75) is 26.3 Å². The summed E-state index contributed by atoms with van der Waals surface area (Å²) in [6.45, 7) is 3.66. The summed E-state index contributed by atoms with van der Waals surface area (Å²) < 4.78 is 8.09. The summed E-state index contributed by atoms with van der Waals surface area (Å²) in [4.78, 5) is 0. The highest BCUT2D eigenvalue weighted by atomic mass is 79.9. The van der Waals surface area contributed by atoms with Crippen molar-refractivity contribution in [3.05, 3.63) is 21.9 Å². The molecule has 82 valence electrons. The predicted molar refractivity (Wildman–Crippen MR) is 62.7 cm³/mol. The molecule has 1 aromatic heterocycles. The molecule has 0 unspecified atom stereocenters. The summed E-state index contributed by atoms with van der Waals surface area (Å²) in [7, 11) is 1.69. The van der Waals surface area contributed by atoms with Crippen molar-refractivity contribution >= 4 is 15.9 Å². The lowest BCUT2D eigenvalue weighted by Gasteiger charge is -2.09. The van der Waals surface area contributed by atoms with E-state index in [2.05, 4.69) is 33.5 Å². The molecule has 4 heteroatoms. The number of halogens is 1. The summed E-state index contributed by atoms with van der Waals surface area (Å²) >= 11 is 3.47. The third-order valence-electron chi connectivity index (χ3n) is 2.34. The highest BCUT2D eigenvalue weighted by molar-refractivity contribution is 9.10. The van der Waals surface area contributed by atoms with Crippen LogP contribution >= 0.6 is 15.9 Å². The van der Waals surface area contributed by atoms with E-state index in [-0.39, 0.29) is 0 Å². The van der Waals surface area contributed by atoms with Gasteiger partial charge in [0.2, 0.25) is 0 Å². The van der Waals surface area contributed by atoms with Crippen LogP contribution in [0.15, 0.2) is 10.5 Å². The normalized spacial score (nSPS) is 10.3. The molecule has 0 aliphatic rings. The standard InChI is InChI=1S/C11H15BrN2O/c1-3-11-10(12)7-9(8-13)14(11)5-4-6-15-2/h7H,3-6H2,1-2H3. The van der Waals surface area contributed by atoms with Crippen LogP contribution < -0.4 is 0 Å². The summed E-state index contributed by atoms with van der Waals surface area (Å²) in [5.41, 5.74) is 1.90. The van der Waals surface area contributed by atoms with Crippen LogP contribution in [0.3, 0.4) is 0 Å². The quantitative estimate of drug-likeness (QED) is 0.772. The van der Waals surface area contributed by atoms with Crippen molar-refractivity contribution < 1.29 is 4.74 Å². The number of nitrogens with zero attached hydrogens (tertiary/aromatic N) is 2. The van der Waals surface area contributed by atoms with Gasteiger partial charge in [-0.1, -0.05) is 6.92 Å². The number of hydrogen-bond acceptors (Lipinski definition) is 2. The Morgan fingerprint density at radius 3 is 2.87 bits per heavy atom. The third kappa shape index (κ3) is 2.83. The zero-order chi connectivity index (χ0) is 11.3. The maximum atomic E-state index is 8.99. The molecule has 0 amide bonds. The van der Waals surface area contributed by atoms with Crippen LogP contribution in [-0.4, -0.2) is 18.3 Å². The Hall–Kier alpha value is -0.790. The molecule has 0 aromatic carbocycles. The summed E-state index contributed by atoms with van der Waals surface area (Å²) in [5.74, 6) is 0. The third-order valence-corrected chi connectivity index (χ3v) is 3.02. The molecule has 0 radical (unpaired) electrons. The van der Waals surface area contributed by atoms with Crippen molar-refractivity contribution in [2.75, 3.05) is 13.7 Å². The van der Waals surface area contributed by atoms with Crippen LogP contribution in [0.1, 0.15) is 24.7 Å². The van der Waals surface area contributed by atoms with Crippen molar-refractivity contribution in [2.24, 2.45) is 0 Å². The van der Waals surface area contributed by atoms with Crippen LogP contribution in [0, 0.1) is 11.3 Å². The van der Waals surface area contributed by atoms with Crippen LogP contribution in [-0.2, 0) is 17.7 Å². The minimum absolute atomic E-state index is 0.717. The second-order valence-electron chi connectivity index (χ2n) is 3.29. The number of rotatable bonds is 5. The van der Waals surface area contributed by atoms with Gasteiger partial charge in [-0.15, -0.1) is 0 Å². The summed E-state index contributed by atoms with van der Waals surface area (Å²) in [6, 6.07) is 4.09. The average molecular weight is 271 g/mol. The first-order chi connectivity index (χ1) is 7.24. The molecule has 0 saturated heterocycles.